The van der Waals surface area contributed by atoms with Crippen LogP contribution in [-0.4, -0.2) is 29.9 Å². The van der Waals surface area contributed by atoms with Gasteiger partial charge in [-0.25, -0.2) is 4.79 Å². The Hall–Kier alpha value is -3.10. The van der Waals surface area contributed by atoms with Crippen molar-refractivity contribution in [2.75, 3.05) is 6.54 Å². The van der Waals surface area contributed by atoms with Gasteiger partial charge in [-0.2, -0.15) is 0 Å². The van der Waals surface area contributed by atoms with Crippen LogP contribution in [0.2, 0.25) is 0 Å². The smallest absolute Gasteiger partial charge is 0.342 e. The van der Waals surface area contributed by atoms with E-state index in [1.165, 1.54) is 0 Å². The van der Waals surface area contributed by atoms with Crippen molar-refractivity contribution in [2.45, 2.75) is 32.3 Å². The molecule has 2 aromatic rings. The van der Waals surface area contributed by atoms with Gasteiger partial charge in [-0.05, 0) is 49.3 Å². The Labute approximate surface area is 193 Å². The molecular formula is C23H30ClN3O5. The minimum absolute atomic E-state index is 0. The molecule has 32 heavy (non-hydrogen) atoms. The van der Waals surface area contributed by atoms with E-state index < -0.39 is 5.97 Å². The molecule has 0 atom stereocenters. The monoisotopic (exact) mass is 463 g/mol. The number of guanidine groups is 1. The molecule has 6 N–H and O–H groups in total. The summed E-state index contributed by atoms with van der Waals surface area (Å²) in [5, 5.41) is 10.1. The number of nitrogens with one attached hydrogen (secondary N) is 2. The van der Waals surface area contributed by atoms with E-state index in [0.29, 0.717) is 25.3 Å². The van der Waals surface area contributed by atoms with Gasteiger partial charge in [0.15, 0.2) is 5.96 Å². The van der Waals surface area contributed by atoms with Crippen LogP contribution in [0.1, 0.15) is 41.6 Å². The zero-order chi connectivity index (χ0) is 21.3. The number of halogens is 1. The molecule has 0 unspecified atom stereocenters. The number of carbonyl (C=O) groups excluding carboxylic acids is 2. The third kappa shape index (κ3) is 7.86. The third-order valence-electron chi connectivity index (χ3n) is 5.29. The number of carbonyl (C=O) groups is 2. The number of ether oxygens (including phenoxy) is 2. The molecule has 0 bridgehead atoms. The van der Waals surface area contributed by atoms with E-state index in [0.717, 1.165) is 18.4 Å². The Balaban J connectivity index is 0.00000256. The maximum atomic E-state index is 12.7. The topological polar surface area (TPSA) is 146 Å². The highest BCUT2D eigenvalue weighted by Crippen LogP contribution is 2.30. The van der Waals surface area contributed by atoms with Crippen LogP contribution in [0, 0.1) is 17.2 Å². The third-order valence-corrected chi connectivity index (χ3v) is 5.29. The number of nitrogens with two attached hydrogens (primary N) is 1. The molecule has 0 aliphatic heterocycles. The van der Waals surface area contributed by atoms with Crippen molar-refractivity contribution >= 4 is 30.3 Å². The van der Waals surface area contributed by atoms with E-state index >= 15 is 0 Å². The molecule has 1 aliphatic rings. The summed E-state index contributed by atoms with van der Waals surface area (Å²) < 4.78 is 11.0. The average Bonchev–Trinajstić information content (AvgIpc) is 2.77. The highest BCUT2D eigenvalue weighted by Gasteiger charge is 2.28. The Morgan fingerprint density at radius 2 is 1.62 bits per heavy atom. The van der Waals surface area contributed by atoms with Crippen LogP contribution in [0.3, 0.4) is 0 Å². The zero-order valence-electron chi connectivity index (χ0n) is 17.7. The van der Waals surface area contributed by atoms with Gasteiger partial charge < -0.3 is 26.0 Å². The molecule has 174 valence electrons. The number of rotatable bonds is 7. The van der Waals surface area contributed by atoms with Crippen molar-refractivity contribution in [3.05, 3.63) is 65.7 Å². The van der Waals surface area contributed by atoms with Gasteiger partial charge >= 0.3 is 11.9 Å². The van der Waals surface area contributed by atoms with Crippen LogP contribution in [-0.2, 0) is 16.1 Å². The van der Waals surface area contributed by atoms with Crippen molar-refractivity contribution in [1.82, 2.24) is 5.32 Å². The van der Waals surface area contributed by atoms with Gasteiger partial charge in [-0.1, -0.05) is 42.5 Å². The minimum Gasteiger partial charge on any atom is -0.457 e. The molecule has 2 aromatic carbocycles. The van der Waals surface area contributed by atoms with Gasteiger partial charge in [0.05, 0.1) is 5.92 Å². The number of esters is 2. The van der Waals surface area contributed by atoms with Crippen LogP contribution < -0.4 is 15.8 Å². The lowest BCUT2D eigenvalue weighted by Gasteiger charge is -2.27. The quantitative estimate of drug-likeness (QED) is 0.249. The molecule has 0 amide bonds. The fourth-order valence-corrected chi connectivity index (χ4v) is 3.57. The predicted octanol–water partition coefficient (Wildman–Crippen LogP) is 2.84. The molecule has 8 nitrogen and oxygen atoms in total. The van der Waals surface area contributed by atoms with E-state index in [4.69, 9.17) is 20.6 Å². The van der Waals surface area contributed by atoms with Gasteiger partial charge in [0, 0.05) is 6.54 Å². The standard InChI is InChI=1S/C23H27N3O4.ClH.H2O/c24-23(25)26-14-16-10-12-18(13-11-16)21(27)30-20-9-5-4-8-19(20)22(28)29-15-17-6-2-1-3-7-17;;/h1-9,16,18H,10-15H2,(H4,24,25,26);1H;1H2/t16-,18-;;. The first-order valence-electron chi connectivity index (χ1n) is 10.1. The number of para-hydroxylation sites is 1. The van der Waals surface area contributed by atoms with E-state index in [1.807, 2.05) is 30.3 Å². The second-order valence-corrected chi connectivity index (χ2v) is 7.49. The molecule has 1 aliphatic carbocycles. The normalized spacial score (nSPS) is 17.1. The summed E-state index contributed by atoms with van der Waals surface area (Å²) in [6.07, 6.45) is 3.15. The van der Waals surface area contributed by atoms with Gasteiger partial charge in [0.2, 0.25) is 0 Å². The zero-order valence-corrected chi connectivity index (χ0v) is 18.5. The van der Waals surface area contributed by atoms with Crippen molar-refractivity contribution in [3.8, 4) is 5.75 Å². The molecule has 1 fully saturated rings. The first-order valence-corrected chi connectivity index (χ1v) is 10.1. The van der Waals surface area contributed by atoms with Crippen LogP contribution in [0.5, 0.6) is 5.75 Å². The van der Waals surface area contributed by atoms with Gasteiger partial charge in [-0.15, -0.1) is 12.4 Å². The average molecular weight is 464 g/mol. The van der Waals surface area contributed by atoms with Gasteiger partial charge in [0.1, 0.15) is 17.9 Å². The molecule has 0 radical (unpaired) electrons. The summed E-state index contributed by atoms with van der Waals surface area (Å²) in [7, 11) is 0. The molecule has 0 heterocycles. The summed E-state index contributed by atoms with van der Waals surface area (Å²) in [6.45, 7) is 0.799. The van der Waals surface area contributed by atoms with Gasteiger partial charge in [-0.3, -0.25) is 10.2 Å². The van der Waals surface area contributed by atoms with Crippen molar-refractivity contribution < 1.29 is 24.5 Å². The summed E-state index contributed by atoms with van der Waals surface area (Å²) in [6, 6.07) is 16.0. The van der Waals surface area contributed by atoms with E-state index in [2.05, 4.69) is 5.32 Å². The van der Waals surface area contributed by atoms with Crippen LogP contribution >= 0.6 is 12.4 Å². The first kappa shape index (κ1) is 26.9. The van der Waals surface area contributed by atoms with Gasteiger partial charge in [0.25, 0.3) is 0 Å². The molecule has 3 rings (SSSR count). The highest BCUT2D eigenvalue weighted by molar-refractivity contribution is 5.93. The van der Waals surface area contributed by atoms with Crippen molar-refractivity contribution in [3.63, 3.8) is 0 Å². The fraction of sp³-hybridized carbons (Fsp3) is 0.348. The summed E-state index contributed by atoms with van der Waals surface area (Å²) in [4.78, 5) is 25.2. The second-order valence-electron chi connectivity index (χ2n) is 7.49. The largest absolute Gasteiger partial charge is 0.457 e. The SMILES string of the molecule is Cl.N=C(N)NC[C@H]1CC[C@H](C(=O)Oc2ccccc2C(=O)OCc2ccccc2)CC1.O. The maximum Gasteiger partial charge on any atom is 0.342 e. The highest BCUT2D eigenvalue weighted by atomic mass is 35.5. The maximum absolute atomic E-state index is 12.7. The molecular weight excluding hydrogens is 434 g/mol. The van der Waals surface area contributed by atoms with E-state index in [9.17, 15) is 9.59 Å². The summed E-state index contributed by atoms with van der Waals surface area (Å²) in [5.41, 5.74) is 6.45. The summed E-state index contributed by atoms with van der Waals surface area (Å²) in [5.74, 6) is -0.476. The lowest BCUT2D eigenvalue weighted by molar-refractivity contribution is -0.140. The molecule has 0 aromatic heterocycles. The molecule has 0 spiro atoms. The lowest BCUT2D eigenvalue weighted by atomic mass is 9.82. The van der Waals surface area contributed by atoms with Crippen LogP contribution in [0.25, 0.3) is 0 Å². The molecule has 1 saturated carbocycles. The lowest BCUT2D eigenvalue weighted by Crippen LogP contribution is -2.36. The van der Waals surface area contributed by atoms with Crippen molar-refractivity contribution in [2.24, 2.45) is 17.6 Å². The Kier molecular flexibility index (Phi) is 11.2. The first-order chi connectivity index (χ1) is 14.5. The minimum atomic E-state index is -0.527. The molecule has 9 heteroatoms. The van der Waals surface area contributed by atoms with Crippen LogP contribution in [0.15, 0.2) is 54.6 Å². The second kappa shape index (κ2) is 13.3. The predicted molar refractivity (Wildman–Crippen MR) is 124 cm³/mol. The van der Waals surface area contributed by atoms with E-state index in [1.54, 1.807) is 24.3 Å². The fourth-order valence-electron chi connectivity index (χ4n) is 3.57. The molecule has 0 saturated heterocycles. The summed E-state index contributed by atoms with van der Waals surface area (Å²) >= 11 is 0. The Bertz CT molecular complexity index is 886. The van der Waals surface area contributed by atoms with Crippen molar-refractivity contribution in [1.29, 1.82) is 5.41 Å². The Morgan fingerprint density at radius 1 is 1.00 bits per heavy atom. The number of benzene rings is 2. The Morgan fingerprint density at radius 3 is 2.28 bits per heavy atom. The number of hydrogen-bond acceptors (Lipinski definition) is 5. The number of hydrogen-bond donors (Lipinski definition) is 3. The van der Waals surface area contributed by atoms with Crippen LogP contribution in [0.4, 0.5) is 0 Å². The van der Waals surface area contributed by atoms with E-state index in [-0.39, 0.29) is 53.6 Å².